The summed E-state index contributed by atoms with van der Waals surface area (Å²) in [5.41, 5.74) is 0.694. The third-order valence-corrected chi connectivity index (χ3v) is 3.96. The quantitative estimate of drug-likeness (QED) is 0.491. The highest BCUT2D eigenvalue weighted by Crippen LogP contribution is 2.23. The summed E-state index contributed by atoms with van der Waals surface area (Å²) < 4.78 is 25.3. The fraction of sp³-hybridized carbons (Fsp3) is 0.214. The molecule has 0 saturated heterocycles. The van der Waals surface area contributed by atoms with Gasteiger partial charge in [-0.3, -0.25) is 4.79 Å². The van der Waals surface area contributed by atoms with Gasteiger partial charge in [-0.15, -0.1) is 5.10 Å². The average molecular weight is 349 g/mol. The van der Waals surface area contributed by atoms with E-state index in [-0.39, 0.29) is 18.1 Å². The van der Waals surface area contributed by atoms with Crippen LogP contribution in [0.5, 0.6) is 0 Å². The lowest BCUT2D eigenvalue weighted by Gasteiger charge is -2.01. The lowest BCUT2D eigenvalue weighted by Crippen LogP contribution is -2.08. The van der Waals surface area contributed by atoms with Gasteiger partial charge in [0.1, 0.15) is 18.1 Å². The van der Waals surface area contributed by atoms with Crippen molar-refractivity contribution >= 4 is 17.7 Å². The molecule has 0 unspecified atom stereocenters. The number of aromatic nitrogens is 5. The first-order valence-corrected chi connectivity index (χ1v) is 7.83. The molecule has 0 radical (unpaired) electrons. The predicted molar refractivity (Wildman–Crippen MR) is 81.2 cm³/mol. The van der Waals surface area contributed by atoms with Gasteiger partial charge in [-0.25, -0.2) is 9.07 Å². The number of carbonyl (C=O) groups excluding carboxylic acids is 1. The van der Waals surface area contributed by atoms with Crippen molar-refractivity contribution in [3.05, 3.63) is 41.8 Å². The summed E-state index contributed by atoms with van der Waals surface area (Å²) in [6.45, 7) is -0.0611. The van der Waals surface area contributed by atoms with E-state index in [2.05, 4.69) is 20.7 Å². The van der Waals surface area contributed by atoms with Gasteiger partial charge in [0.05, 0.1) is 11.3 Å². The van der Waals surface area contributed by atoms with Crippen LogP contribution in [0, 0.1) is 5.82 Å². The maximum atomic E-state index is 13.7. The molecule has 10 heteroatoms. The number of nitrogens with zero attached hydrogens (tertiary/aromatic N) is 5. The van der Waals surface area contributed by atoms with Crippen LogP contribution in [0.1, 0.15) is 5.69 Å². The van der Waals surface area contributed by atoms with Crippen molar-refractivity contribution in [1.29, 1.82) is 0 Å². The van der Waals surface area contributed by atoms with Gasteiger partial charge >= 0.3 is 5.97 Å². The molecule has 0 saturated carbocycles. The van der Waals surface area contributed by atoms with E-state index in [1.165, 1.54) is 16.8 Å². The highest BCUT2D eigenvalue weighted by molar-refractivity contribution is 7.99. The molecule has 0 aliphatic carbocycles. The standard InChI is InChI=1S/C14H12FN5O3S/c1-20-14(16-18-19-20)24-8-13(21)22-7-9-6-12(23-17-9)10-4-2-3-5-11(10)15/h2-6H,7-8H2,1H3. The van der Waals surface area contributed by atoms with Crippen LogP contribution in [0.4, 0.5) is 4.39 Å². The van der Waals surface area contributed by atoms with Gasteiger partial charge in [0.2, 0.25) is 5.16 Å². The van der Waals surface area contributed by atoms with Crippen LogP contribution in [0.25, 0.3) is 11.3 Å². The van der Waals surface area contributed by atoms with E-state index >= 15 is 0 Å². The molecule has 0 amide bonds. The Morgan fingerprint density at radius 2 is 2.25 bits per heavy atom. The Morgan fingerprint density at radius 1 is 1.42 bits per heavy atom. The molecule has 0 aliphatic rings. The maximum absolute atomic E-state index is 13.7. The number of aryl methyl sites for hydroxylation is 1. The van der Waals surface area contributed by atoms with Crippen LogP contribution in [-0.2, 0) is 23.2 Å². The summed E-state index contributed by atoms with van der Waals surface area (Å²) in [5, 5.41) is 15.1. The molecular formula is C14H12FN5O3S. The number of hydrogen-bond donors (Lipinski definition) is 0. The van der Waals surface area contributed by atoms with Crippen molar-refractivity contribution in [3.8, 4) is 11.3 Å². The molecule has 3 rings (SSSR count). The number of thioether (sulfide) groups is 1. The first-order valence-electron chi connectivity index (χ1n) is 6.85. The van der Waals surface area contributed by atoms with Gasteiger partial charge in [0, 0.05) is 13.1 Å². The van der Waals surface area contributed by atoms with Crippen molar-refractivity contribution in [1.82, 2.24) is 25.4 Å². The van der Waals surface area contributed by atoms with Crippen molar-refractivity contribution in [2.45, 2.75) is 11.8 Å². The molecule has 124 valence electrons. The number of benzene rings is 1. The third-order valence-electron chi connectivity index (χ3n) is 2.98. The Labute approximate surface area is 140 Å². The van der Waals surface area contributed by atoms with E-state index in [9.17, 15) is 9.18 Å². The van der Waals surface area contributed by atoms with Crippen LogP contribution in [-0.4, -0.2) is 37.1 Å². The first-order chi connectivity index (χ1) is 11.6. The van der Waals surface area contributed by atoms with Crippen LogP contribution in [0.3, 0.4) is 0 Å². The number of carbonyl (C=O) groups is 1. The summed E-state index contributed by atoms with van der Waals surface area (Å²) in [5.74, 6) is -0.519. The molecule has 0 fully saturated rings. The van der Waals surface area contributed by atoms with Crippen LogP contribution < -0.4 is 0 Å². The van der Waals surface area contributed by atoms with Crippen molar-refractivity contribution < 1.29 is 18.4 Å². The number of rotatable bonds is 6. The smallest absolute Gasteiger partial charge is 0.316 e. The molecule has 0 N–H and O–H groups in total. The van der Waals surface area contributed by atoms with Crippen LogP contribution >= 0.6 is 11.8 Å². The lowest BCUT2D eigenvalue weighted by atomic mass is 10.1. The second-order valence-electron chi connectivity index (χ2n) is 4.70. The van der Waals surface area contributed by atoms with Crippen molar-refractivity contribution in [2.24, 2.45) is 7.05 Å². The molecule has 0 bridgehead atoms. The minimum absolute atomic E-state index is 0.0611. The van der Waals surface area contributed by atoms with Gasteiger partial charge < -0.3 is 9.26 Å². The Balaban J connectivity index is 1.53. The number of halogens is 1. The molecule has 0 atom stereocenters. The highest BCUT2D eigenvalue weighted by Gasteiger charge is 2.13. The largest absolute Gasteiger partial charge is 0.458 e. The van der Waals surface area contributed by atoms with E-state index < -0.39 is 11.8 Å². The number of hydrogen-bond acceptors (Lipinski definition) is 8. The summed E-state index contributed by atoms with van der Waals surface area (Å²) in [4.78, 5) is 11.7. The predicted octanol–water partition coefficient (Wildman–Crippen LogP) is 1.84. The summed E-state index contributed by atoms with van der Waals surface area (Å²) in [6.07, 6.45) is 0. The van der Waals surface area contributed by atoms with Gasteiger partial charge in [-0.05, 0) is 22.6 Å². The zero-order valence-corrected chi connectivity index (χ0v) is 13.4. The van der Waals surface area contributed by atoms with E-state index in [0.29, 0.717) is 16.4 Å². The molecule has 2 heterocycles. The van der Waals surface area contributed by atoms with Crippen molar-refractivity contribution in [3.63, 3.8) is 0 Å². The second-order valence-corrected chi connectivity index (χ2v) is 5.64. The Hall–Kier alpha value is -2.75. The summed E-state index contributed by atoms with van der Waals surface area (Å²) in [7, 11) is 1.67. The first kappa shape index (κ1) is 16.1. The average Bonchev–Trinajstić information content (AvgIpc) is 3.20. The monoisotopic (exact) mass is 349 g/mol. The van der Waals surface area contributed by atoms with Crippen molar-refractivity contribution in [2.75, 3.05) is 5.75 Å². The van der Waals surface area contributed by atoms with Gasteiger partial charge in [-0.1, -0.05) is 29.1 Å². The number of tetrazole rings is 1. The van der Waals surface area contributed by atoms with E-state index in [4.69, 9.17) is 9.26 Å². The molecule has 1 aromatic carbocycles. The molecule has 0 spiro atoms. The molecule has 24 heavy (non-hydrogen) atoms. The van der Waals surface area contributed by atoms with E-state index in [1.807, 2.05) is 0 Å². The third kappa shape index (κ3) is 3.77. The Morgan fingerprint density at radius 3 is 3.00 bits per heavy atom. The van der Waals surface area contributed by atoms with Gasteiger partial charge in [0.15, 0.2) is 5.76 Å². The number of ether oxygens (including phenoxy) is 1. The molecule has 0 aliphatic heterocycles. The SMILES string of the molecule is Cn1nnnc1SCC(=O)OCc1cc(-c2ccccc2F)on1. The lowest BCUT2D eigenvalue weighted by molar-refractivity contribution is -0.141. The van der Waals surface area contributed by atoms with Gasteiger partial charge in [-0.2, -0.15) is 0 Å². The Bertz CT molecular complexity index is 850. The van der Waals surface area contributed by atoms with E-state index in [0.717, 1.165) is 11.8 Å². The fourth-order valence-corrected chi connectivity index (χ4v) is 2.48. The summed E-state index contributed by atoms with van der Waals surface area (Å²) in [6, 6.07) is 7.72. The highest BCUT2D eigenvalue weighted by atomic mass is 32.2. The topological polar surface area (TPSA) is 95.9 Å². The minimum Gasteiger partial charge on any atom is -0.458 e. The minimum atomic E-state index is -0.446. The normalized spacial score (nSPS) is 10.8. The fourth-order valence-electron chi connectivity index (χ4n) is 1.83. The van der Waals surface area contributed by atoms with Crippen LogP contribution in [0.2, 0.25) is 0 Å². The van der Waals surface area contributed by atoms with Crippen LogP contribution in [0.15, 0.2) is 40.0 Å². The molecule has 3 aromatic rings. The zero-order chi connectivity index (χ0) is 16.9. The summed E-state index contributed by atoms with van der Waals surface area (Å²) >= 11 is 1.16. The molecule has 8 nitrogen and oxygen atoms in total. The second kappa shape index (κ2) is 7.21. The van der Waals surface area contributed by atoms with Gasteiger partial charge in [0.25, 0.3) is 0 Å². The maximum Gasteiger partial charge on any atom is 0.316 e. The zero-order valence-electron chi connectivity index (χ0n) is 12.5. The molecular weight excluding hydrogens is 337 g/mol. The van der Waals surface area contributed by atoms with E-state index in [1.54, 1.807) is 25.2 Å². The molecule has 2 aromatic heterocycles. The Kier molecular flexibility index (Phi) is 4.85. The number of esters is 1.